The zero-order chi connectivity index (χ0) is 14.2. The van der Waals surface area contributed by atoms with E-state index in [0.717, 1.165) is 4.90 Å². The number of carbonyl (C=O) groups is 2. The van der Waals surface area contributed by atoms with Gasteiger partial charge in [0.2, 0.25) is 0 Å². The second kappa shape index (κ2) is 4.76. The molecule has 1 N–H and O–H groups in total. The molecule has 100 valence electrons. The van der Waals surface area contributed by atoms with Crippen molar-refractivity contribution >= 4 is 17.4 Å². The van der Waals surface area contributed by atoms with Gasteiger partial charge in [-0.25, -0.2) is 0 Å². The molecular formula is C14H15NO4. The molecule has 1 aromatic carbocycles. The second-order valence-corrected chi connectivity index (χ2v) is 4.53. The zero-order valence-corrected chi connectivity index (χ0v) is 11.0. The number of carbonyl (C=O) groups excluding carboxylic acids is 2. The van der Waals surface area contributed by atoms with Crippen molar-refractivity contribution in [1.29, 1.82) is 0 Å². The lowest BCUT2D eigenvalue weighted by Gasteiger charge is -2.18. The summed E-state index contributed by atoms with van der Waals surface area (Å²) in [5.41, 5.74) is 0.543. The number of rotatable bonds is 3. The Balaban J connectivity index is 2.43. The van der Waals surface area contributed by atoms with E-state index in [1.54, 1.807) is 38.1 Å². The maximum Gasteiger partial charge on any atom is 0.296 e. The minimum atomic E-state index is -0.647. The number of hydrogen-bond acceptors (Lipinski definition) is 4. The maximum absolute atomic E-state index is 12.2. The van der Waals surface area contributed by atoms with E-state index >= 15 is 0 Å². The van der Waals surface area contributed by atoms with Crippen molar-refractivity contribution in [2.75, 3.05) is 7.11 Å². The second-order valence-electron chi connectivity index (χ2n) is 4.53. The highest BCUT2D eigenvalue weighted by atomic mass is 16.5. The van der Waals surface area contributed by atoms with Crippen LogP contribution >= 0.6 is 0 Å². The van der Waals surface area contributed by atoms with E-state index in [0.29, 0.717) is 11.3 Å². The molecule has 5 heteroatoms. The Labute approximate surface area is 111 Å². The Hall–Kier alpha value is -2.30. The number of ether oxygens (including phenoxy) is 1. The van der Waals surface area contributed by atoms with Crippen molar-refractivity contribution in [3.05, 3.63) is 35.6 Å². The molecule has 19 heavy (non-hydrogen) atoms. The van der Waals surface area contributed by atoms with Crippen molar-refractivity contribution in [2.45, 2.75) is 19.9 Å². The van der Waals surface area contributed by atoms with E-state index < -0.39 is 17.6 Å². The van der Waals surface area contributed by atoms with Crippen LogP contribution in [0.25, 0.3) is 5.57 Å². The average Bonchev–Trinajstić information content (AvgIpc) is 2.60. The third-order valence-electron chi connectivity index (χ3n) is 2.99. The fourth-order valence-electron chi connectivity index (χ4n) is 2.02. The van der Waals surface area contributed by atoms with Gasteiger partial charge in [-0.05, 0) is 31.5 Å². The van der Waals surface area contributed by atoms with Gasteiger partial charge in [0.25, 0.3) is 11.8 Å². The largest absolute Gasteiger partial charge is 0.502 e. The number of methoxy groups -OCH3 is 1. The molecule has 2 amide bonds. The van der Waals surface area contributed by atoms with E-state index in [1.165, 1.54) is 7.11 Å². The third-order valence-corrected chi connectivity index (χ3v) is 2.99. The van der Waals surface area contributed by atoms with Crippen molar-refractivity contribution in [3.8, 4) is 5.75 Å². The number of hydrogen-bond donors (Lipinski definition) is 1. The molecule has 0 unspecified atom stereocenters. The molecule has 1 aliphatic heterocycles. The number of benzene rings is 1. The molecule has 5 nitrogen and oxygen atoms in total. The van der Waals surface area contributed by atoms with E-state index in [4.69, 9.17) is 4.74 Å². The van der Waals surface area contributed by atoms with E-state index in [1.807, 2.05) is 0 Å². The molecule has 0 saturated carbocycles. The summed E-state index contributed by atoms with van der Waals surface area (Å²) in [7, 11) is 1.54. The molecule has 0 radical (unpaired) electrons. The van der Waals surface area contributed by atoms with Gasteiger partial charge < -0.3 is 9.84 Å². The fourth-order valence-corrected chi connectivity index (χ4v) is 2.02. The molecule has 0 fully saturated rings. The minimum Gasteiger partial charge on any atom is -0.502 e. The van der Waals surface area contributed by atoms with Crippen LogP contribution in [0.3, 0.4) is 0 Å². The first-order chi connectivity index (χ1) is 8.97. The van der Waals surface area contributed by atoms with Crippen LogP contribution in [0.2, 0.25) is 0 Å². The van der Waals surface area contributed by atoms with Gasteiger partial charge in [-0.2, -0.15) is 0 Å². The molecule has 0 spiro atoms. The Morgan fingerprint density at radius 1 is 1.11 bits per heavy atom. The number of amides is 2. The molecule has 1 aromatic rings. The Morgan fingerprint density at radius 2 is 1.68 bits per heavy atom. The van der Waals surface area contributed by atoms with Gasteiger partial charge in [-0.1, -0.05) is 12.1 Å². The molecule has 0 atom stereocenters. The molecule has 1 heterocycles. The normalized spacial score (nSPS) is 15.7. The van der Waals surface area contributed by atoms with Crippen LogP contribution in [-0.2, 0) is 9.59 Å². The van der Waals surface area contributed by atoms with Gasteiger partial charge in [0, 0.05) is 6.04 Å². The van der Waals surface area contributed by atoms with Gasteiger partial charge in [-0.15, -0.1) is 0 Å². The number of imide groups is 1. The standard InChI is InChI=1S/C14H15NO4/c1-8(2)15-13(17)11(12(16)14(15)18)9-4-6-10(19-3)7-5-9/h4-8,16H,1-3H3. The first kappa shape index (κ1) is 13.1. The summed E-state index contributed by atoms with van der Waals surface area (Å²) in [5.74, 6) is -0.973. The van der Waals surface area contributed by atoms with Gasteiger partial charge in [0.05, 0.1) is 12.7 Å². The van der Waals surface area contributed by atoms with Gasteiger partial charge >= 0.3 is 0 Å². The summed E-state index contributed by atoms with van der Waals surface area (Å²) in [6.07, 6.45) is 0. The highest BCUT2D eigenvalue weighted by Gasteiger charge is 2.40. The number of aliphatic hydroxyl groups is 1. The van der Waals surface area contributed by atoms with Crippen LogP contribution in [0.15, 0.2) is 30.0 Å². The first-order valence-corrected chi connectivity index (χ1v) is 5.93. The Kier molecular flexibility index (Phi) is 3.29. The first-order valence-electron chi connectivity index (χ1n) is 5.93. The summed E-state index contributed by atoms with van der Waals surface area (Å²) in [4.78, 5) is 25.1. The van der Waals surface area contributed by atoms with Crippen molar-refractivity contribution in [1.82, 2.24) is 4.90 Å². The fraction of sp³-hybridized carbons (Fsp3) is 0.286. The molecule has 1 aliphatic rings. The summed E-state index contributed by atoms with van der Waals surface area (Å²) in [6.45, 7) is 3.44. The summed E-state index contributed by atoms with van der Waals surface area (Å²) < 4.78 is 5.03. The zero-order valence-electron chi connectivity index (χ0n) is 11.0. The van der Waals surface area contributed by atoms with Crippen LogP contribution in [0.4, 0.5) is 0 Å². The molecular weight excluding hydrogens is 246 g/mol. The van der Waals surface area contributed by atoms with Crippen molar-refractivity contribution < 1.29 is 19.4 Å². The van der Waals surface area contributed by atoms with Gasteiger partial charge in [0.15, 0.2) is 5.76 Å². The lowest BCUT2D eigenvalue weighted by Crippen LogP contribution is -2.37. The summed E-state index contributed by atoms with van der Waals surface area (Å²) in [5, 5.41) is 9.86. The van der Waals surface area contributed by atoms with E-state index in [2.05, 4.69) is 0 Å². The predicted octanol–water partition coefficient (Wildman–Crippen LogP) is 1.74. The van der Waals surface area contributed by atoms with Crippen molar-refractivity contribution in [2.24, 2.45) is 0 Å². The van der Waals surface area contributed by atoms with Gasteiger partial charge in [-0.3, -0.25) is 14.5 Å². The predicted molar refractivity (Wildman–Crippen MR) is 69.5 cm³/mol. The highest BCUT2D eigenvalue weighted by Crippen LogP contribution is 2.30. The quantitative estimate of drug-likeness (QED) is 0.842. The molecule has 2 rings (SSSR count). The van der Waals surface area contributed by atoms with Crippen LogP contribution < -0.4 is 4.74 Å². The van der Waals surface area contributed by atoms with Crippen LogP contribution in [0, 0.1) is 0 Å². The Bertz CT molecular complexity index is 557. The van der Waals surface area contributed by atoms with Crippen LogP contribution in [-0.4, -0.2) is 35.0 Å². The molecule has 0 saturated heterocycles. The highest BCUT2D eigenvalue weighted by molar-refractivity contribution is 6.35. The smallest absolute Gasteiger partial charge is 0.296 e. The van der Waals surface area contributed by atoms with Crippen LogP contribution in [0.1, 0.15) is 19.4 Å². The number of nitrogens with zero attached hydrogens (tertiary/aromatic N) is 1. The lowest BCUT2D eigenvalue weighted by atomic mass is 10.1. The van der Waals surface area contributed by atoms with Gasteiger partial charge in [0.1, 0.15) is 5.75 Å². The van der Waals surface area contributed by atoms with E-state index in [9.17, 15) is 14.7 Å². The van der Waals surface area contributed by atoms with E-state index in [-0.39, 0.29) is 11.6 Å². The SMILES string of the molecule is COc1ccc(C2=C(O)C(=O)N(C(C)C)C2=O)cc1. The molecule has 0 bridgehead atoms. The summed E-state index contributed by atoms with van der Waals surface area (Å²) in [6, 6.07) is 6.33. The third kappa shape index (κ3) is 2.07. The molecule has 0 aliphatic carbocycles. The minimum absolute atomic E-state index is 0.0429. The van der Waals surface area contributed by atoms with Crippen molar-refractivity contribution in [3.63, 3.8) is 0 Å². The maximum atomic E-state index is 12.2. The topological polar surface area (TPSA) is 66.8 Å². The number of aliphatic hydroxyl groups excluding tert-OH is 1. The van der Waals surface area contributed by atoms with Crippen LogP contribution in [0.5, 0.6) is 5.75 Å². The Morgan fingerprint density at radius 3 is 2.11 bits per heavy atom. The monoisotopic (exact) mass is 261 g/mol. The average molecular weight is 261 g/mol. The molecule has 0 aromatic heterocycles. The summed E-state index contributed by atoms with van der Waals surface area (Å²) >= 11 is 0. The lowest BCUT2D eigenvalue weighted by molar-refractivity contribution is -0.139.